The number of rotatable bonds is 8. The smallest absolute Gasteiger partial charge is 0.309 e. The quantitative estimate of drug-likeness (QED) is 0.224. The van der Waals surface area contributed by atoms with E-state index in [1.807, 2.05) is 48.2 Å². The summed E-state index contributed by atoms with van der Waals surface area (Å²) in [5.41, 5.74) is 9.23. The summed E-state index contributed by atoms with van der Waals surface area (Å²) < 4.78 is 21.1. The minimum absolute atomic E-state index is 0.301. The molecule has 0 radical (unpaired) electrons. The molecule has 212 valence electrons. The first-order chi connectivity index (χ1) is 20.3. The minimum Gasteiger partial charge on any atom is -0.496 e. The molecule has 1 aliphatic heterocycles. The van der Waals surface area contributed by atoms with Crippen LogP contribution in [-0.4, -0.2) is 51.1 Å². The molecule has 9 heteroatoms. The third-order valence-corrected chi connectivity index (χ3v) is 7.97. The lowest BCUT2D eigenvalue weighted by molar-refractivity contribution is -0.147. The number of methoxy groups -OCH3 is 1. The van der Waals surface area contributed by atoms with Gasteiger partial charge in [0.05, 0.1) is 18.7 Å². The van der Waals surface area contributed by atoms with Gasteiger partial charge in [-0.25, -0.2) is 19.3 Å². The van der Waals surface area contributed by atoms with E-state index in [9.17, 15) is 4.79 Å². The largest absolute Gasteiger partial charge is 0.496 e. The fourth-order valence-electron chi connectivity index (χ4n) is 5.61. The maximum Gasteiger partial charge on any atom is 0.309 e. The molecule has 2 N–H and O–H groups in total. The molecule has 0 spiro atoms. The van der Waals surface area contributed by atoms with Crippen LogP contribution >= 0.6 is 0 Å². The lowest BCUT2D eigenvalue weighted by Gasteiger charge is -2.36. The van der Waals surface area contributed by atoms with E-state index in [1.165, 1.54) is 7.11 Å². The lowest BCUT2D eigenvalue weighted by atomic mass is 9.90. The summed E-state index contributed by atoms with van der Waals surface area (Å²) >= 11 is 0. The van der Waals surface area contributed by atoms with Gasteiger partial charge in [-0.05, 0) is 71.5 Å². The van der Waals surface area contributed by atoms with Gasteiger partial charge < -0.3 is 15.2 Å². The van der Waals surface area contributed by atoms with E-state index in [0.29, 0.717) is 47.7 Å². The van der Waals surface area contributed by atoms with Crippen LogP contribution in [-0.2, 0) is 11.3 Å². The normalized spacial score (nSPS) is 13.6. The number of carbonyl (C=O) groups is 1. The van der Waals surface area contributed by atoms with Crippen molar-refractivity contribution in [3.63, 3.8) is 0 Å². The number of likely N-dealkylation sites (tertiary alicyclic amines) is 1. The third-order valence-electron chi connectivity index (χ3n) is 7.97. The Bertz CT molecular complexity index is 1810. The van der Waals surface area contributed by atoms with Gasteiger partial charge in [0.15, 0.2) is 5.65 Å². The van der Waals surface area contributed by atoms with Crippen molar-refractivity contribution < 1.29 is 19.0 Å². The van der Waals surface area contributed by atoms with Crippen LogP contribution in [0.5, 0.6) is 5.75 Å². The van der Waals surface area contributed by atoms with Crippen molar-refractivity contribution in [2.45, 2.75) is 20.4 Å². The van der Waals surface area contributed by atoms with E-state index in [1.54, 1.807) is 24.7 Å². The molecule has 0 amide bonds. The third kappa shape index (κ3) is 5.03. The molecule has 3 heterocycles. The predicted octanol–water partition coefficient (Wildman–Crippen LogP) is 6.38. The maximum atomic E-state index is 15.5. The minimum atomic E-state index is -0.818. The van der Waals surface area contributed by atoms with Gasteiger partial charge in [0.1, 0.15) is 17.1 Å². The van der Waals surface area contributed by atoms with Crippen molar-refractivity contribution in [3.05, 3.63) is 95.7 Å². The molecule has 42 heavy (non-hydrogen) atoms. The van der Waals surface area contributed by atoms with E-state index in [2.05, 4.69) is 39.3 Å². The van der Waals surface area contributed by atoms with Crippen LogP contribution in [0.2, 0.25) is 0 Å². The molecule has 1 fully saturated rings. The van der Waals surface area contributed by atoms with Crippen molar-refractivity contribution in [2.24, 2.45) is 5.92 Å². The van der Waals surface area contributed by atoms with Gasteiger partial charge in [-0.1, -0.05) is 30.3 Å². The highest BCUT2D eigenvalue weighted by Crippen LogP contribution is 2.39. The Morgan fingerprint density at radius 3 is 2.40 bits per heavy atom. The molecule has 5 aromatic rings. The average molecular weight is 564 g/mol. The van der Waals surface area contributed by atoms with Crippen LogP contribution in [0.1, 0.15) is 16.7 Å². The van der Waals surface area contributed by atoms with Crippen molar-refractivity contribution in [1.82, 2.24) is 19.9 Å². The first-order valence-corrected chi connectivity index (χ1v) is 13.7. The van der Waals surface area contributed by atoms with Gasteiger partial charge in [0.2, 0.25) is 0 Å². The Kier molecular flexibility index (Phi) is 7.26. The van der Waals surface area contributed by atoms with Gasteiger partial charge >= 0.3 is 5.97 Å². The van der Waals surface area contributed by atoms with Crippen LogP contribution in [0.25, 0.3) is 33.4 Å². The molecule has 0 unspecified atom stereocenters. The second-order valence-electron chi connectivity index (χ2n) is 10.5. The Labute approximate surface area is 242 Å². The molecule has 1 aliphatic rings. The molecule has 1 saturated heterocycles. The van der Waals surface area contributed by atoms with E-state index >= 15 is 4.39 Å². The first kappa shape index (κ1) is 27.3. The summed E-state index contributed by atoms with van der Waals surface area (Å²) in [5.74, 6) is -1.15. The van der Waals surface area contributed by atoms with E-state index in [-0.39, 0.29) is 5.82 Å². The average Bonchev–Trinajstić information content (AvgIpc) is 2.96. The van der Waals surface area contributed by atoms with Gasteiger partial charge in [-0.3, -0.25) is 9.69 Å². The Morgan fingerprint density at radius 2 is 1.64 bits per heavy atom. The number of carboxylic acids is 1. The number of nitrogens with zero attached hydrogens (tertiary/aromatic N) is 4. The van der Waals surface area contributed by atoms with Crippen LogP contribution < -0.4 is 10.1 Å². The molecule has 6 rings (SSSR count). The van der Waals surface area contributed by atoms with Crippen molar-refractivity contribution >= 4 is 28.5 Å². The zero-order chi connectivity index (χ0) is 29.4. The molecule has 0 saturated carbocycles. The summed E-state index contributed by atoms with van der Waals surface area (Å²) in [6.45, 7) is 5.22. The molecule has 3 aromatic carbocycles. The zero-order valence-electron chi connectivity index (χ0n) is 23.6. The number of carboxylic acid groups (broad SMARTS) is 1. The van der Waals surface area contributed by atoms with Crippen molar-refractivity contribution in [1.29, 1.82) is 0 Å². The number of hydrogen-bond acceptors (Lipinski definition) is 7. The molecule has 2 aromatic heterocycles. The molecule has 0 bridgehead atoms. The van der Waals surface area contributed by atoms with E-state index in [4.69, 9.17) is 9.84 Å². The van der Waals surface area contributed by atoms with E-state index < -0.39 is 11.9 Å². The number of ether oxygens (including phenoxy) is 1. The number of nitrogens with one attached hydrogen (secondary N) is 1. The summed E-state index contributed by atoms with van der Waals surface area (Å²) in [5, 5.41) is 12.7. The highest BCUT2D eigenvalue weighted by atomic mass is 19.1. The second-order valence-corrected chi connectivity index (χ2v) is 10.5. The Balaban J connectivity index is 1.32. The topological polar surface area (TPSA) is 100 Å². The fraction of sp³-hybridized carbons (Fsp3) is 0.212. The lowest BCUT2D eigenvalue weighted by Crippen LogP contribution is -2.49. The number of aliphatic carboxylic acids is 1. The SMILES string of the molecule is COc1cc(-c2cccc(-c3cccc(Nc4ccnc5nccnc45)c3C)c2C)cc(F)c1CN1CC(C(=O)O)C1. The monoisotopic (exact) mass is 563 g/mol. The number of fused-ring (bicyclic) bond motifs is 1. The van der Waals surface area contributed by atoms with Gasteiger partial charge in [0, 0.05) is 49.5 Å². The summed E-state index contributed by atoms with van der Waals surface area (Å²) in [6.07, 6.45) is 4.98. The highest BCUT2D eigenvalue weighted by molar-refractivity contribution is 5.89. The van der Waals surface area contributed by atoms with Crippen LogP contribution in [0, 0.1) is 25.6 Å². The Hall–Kier alpha value is -4.89. The van der Waals surface area contributed by atoms with Crippen LogP contribution in [0.15, 0.2) is 73.2 Å². The second kappa shape index (κ2) is 11.2. The number of hydrogen-bond donors (Lipinski definition) is 2. The first-order valence-electron chi connectivity index (χ1n) is 13.7. The molecule has 0 atom stereocenters. The van der Waals surface area contributed by atoms with Gasteiger partial charge in [-0.2, -0.15) is 0 Å². The molecular weight excluding hydrogens is 533 g/mol. The van der Waals surface area contributed by atoms with Crippen molar-refractivity contribution in [3.8, 4) is 28.0 Å². The van der Waals surface area contributed by atoms with Gasteiger partial charge in [0.25, 0.3) is 0 Å². The summed E-state index contributed by atoms with van der Waals surface area (Å²) in [4.78, 5) is 26.1. The van der Waals surface area contributed by atoms with Crippen molar-refractivity contribution in [2.75, 3.05) is 25.5 Å². The van der Waals surface area contributed by atoms with Crippen LogP contribution in [0.3, 0.4) is 0 Å². The number of pyridine rings is 1. The molecular formula is C33H30FN5O3. The number of anilines is 2. The summed E-state index contributed by atoms with van der Waals surface area (Å²) in [7, 11) is 1.53. The molecule has 8 nitrogen and oxygen atoms in total. The zero-order valence-corrected chi connectivity index (χ0v) is 23.6. The number of halogens is 1. The Morgan fingerprint density at radius 1 is 0.952 bits per heavy atom. The number of benzene rings is 3. The van der Waals surface area contributed by atoms with E-state index in [0.717, 1.165) is 39.2 Å². The maximum absolute atomic E-state index is 15.5. The summed E-state index contributed by atoms with van der Waals surface area (Å²) in [6, 6.07) is 17.4. The number of aromatic nitrogens is 3. The highest BCUT2D eigenvalue weighted by Gasteiger charge is 2.33. The fourth-order valence-corrected chi connectivity index (χ4v) is 5.61. The standard InChI is InChI=1S/C33H30FN5O3/c1-19-23(21-14-27(34)26(30(15-21)42-3)18-39-16-22(17-39)33(40)41)6-4-7-24(19)25-8-5-9-28(20(25)2)38-29-10-11-36-32-31(29)35-12-13-37-32/h4-15,22H,16-18H2,1-3H3,(H,40,41)(H,36,37,38). The molecule has 0 aliphatic carbocycles. The predicted molar refractivity (Wildman–Crippen MR) is 160 cm³/mol. The van der Waals surface area contributed by atoms with Crippen LogP contribution in [0.4, 0.5) is 15.8 Å². The van der Waals surface area contributed by atoms with Gasteiger partial charge in [-0.15, -0.1) is 0 Å².